The van der Waals surface area contributed by atoms with Crippen LogP contribution in [-0.2, 0) is 9.53 Å². The SMILES string of the molecule is CCCCCCCCC(Oc1ccc(C2=CCCCC2)cc1)C(=O)OCC. The lowest BCUT2D eigenvalue weighted by Crippen LogP contribution is -2.29. The summed E-state index contributed by atoms with van der Waals surface area (Å²) in [6.45, 7) is 4.45. The number of rotatable bonds is 12. The predicted octanol–water partition coefficient (Wildman–Crippen LogP) is 6.71. The highest BCUT2D eigenvalue weighted by molar-refractivity contribution is 5.75. The molecule has 0 saturated carbocycles. The maximum atomic E-state index is 12.3. The molecule has 0 radical (unpaired) electrons. The van der Waals surface area contributed by atoms with Gasteiger partial charge >= 0.3 is 5.97 Å². The van der Waals surface area contributed by atoms with Gasteiger partial charge in [-0.25, -0.2) is 4.79 Å². The van der Waals surface area contributed by atoms with Crippen molar-refractivity contribution >= 4 is 11.5 Å². The van der Waals surface area contributed by atoms with Crippen LogP contribution < -0.4 is 4.74 Å². The second-order valence-corrected chi connectivity index (χ2v) is 7.41. The first-order valence-corrected chi connectivity index (χ1v) is 10.9. The molecule has 1 aliphatic carbocycles. The Bertz CT molecular complexity index is 574. The fraction of sp³-hybridized carbons (Fsp3) is 0.625. The summed E-state index contributed by atoms with van der Waals surface area (Å²) in [5.41, 5.74) is 2.70. The van der Waals surface area contributed by atoms with Crippen LogP contribution in [0.25, 0.3) is 5.57 Å². The summed E-state index contributed by atoms with van der Waals surface area (Å²) in [5, 5.41) is 0. The Balaban J connectivity index is 1.89. The molecule has 150 valence electrons. The standard InChI is InChI=1S/C24H36O3/c1-3-5-6-7-8-12-15-23(24(25)26-4-2)27-22-18-16-21(17-19-22)20-13-10-9-11-14-20/h13,16-19,23H,3-12,14-15H2,1-2H3. The van der Waals surface area contributed by atoms with Crippen LogP contribution in [0.4, 0.5) is 0 Å². The van der Waals surface area contributed by atoms with Crippen molar-refractivity contribution in [1.29, 1.82) is 0 Å². The van der Waals surface area contributed by atoms with Gasteiger partial charge in [0.05, 0.1) is 6.61 Å². The van der Waals surface area contributed by atoms with Crippen LogP contribution in [0, 0.1) is 0 Å². The summed E-state index contributed by atoms with van der Waals surface area (Å²) < 4.78 is 11.2. The Kier molecular flexibility index (Phi) is 10.0. The van der Waals surface area contributed by atoms with E-state index in [1.807, 2.05) is 19.1 Å². The normalized spacial score (nSPS) is 15.1. The predicted molar refractivity (Wildman–Crippen MR) is 112 cm³/mol. The van der Waals surface area contributed by atoms with E-state index >= 15 is 0 Å². The Morgan fingerprint density at radius 3 is 2.41 bits per heavy atom. The smallest absolute Gasteiger partial charge is 0.347 e. The number of carbonyl (C=O) groups excluding carboxylic acids is 1. The van der Waals surface area contributed by atoms with Gasteiger partial charge < -0.3 is 9.47 Å². The van der Waals surface area contributed by atoms with Crippen LogP contribution in [0.3, 0.4) is 0 Å². The molecule has 1 unspecified atom stereocenters. The Hall–Kier alpha value is -1.77. The van der Waals surface area contributed by atoms with Crippen molar-refractivity contribution in [3.8, 4) is 5.75 Å². The summed E-state index contributed by atoms with van der Waals surface area (Å²) in [5.74, 6) is 0.504. The van der Waals surface area contributed by atoms with Crippen LogP contribution in [0.1, 0.15) is 90.0 Å². The molecular formula is C24H36O3. The third-order valence-electron chi connectivity index (χ3n) is 5.16. The monoisotopic (exact) mass is 372 g/mol. The fourth-order valence-corrected chi connectivity index (χ4v) is 3.58. The van der Waals surface area contributed by atoms with Crippen molar-refractivity contribution in [2.45, 2.75) is 90.6 Å². The summed E-state index contributed by atoms with van der Waals surface area (Å²) in [4.78, 5) is 12.3. The fourth-order valence-electron chi connectivity index (χ4n) is 3.58. The third kappa shape index (κ3) is 7.78. The second-order valence-electron chi connectivity index (χ2n) is 7.41. The van der Waals surface area contributed by atoms with Gasteiger partial charge in [0.15, 0.2) is 6.10 Å². The Labute approximate surface area is 165 Å². The van der Waals surface area contributed by atoms with Gasteiger partial charge in [-0.15, -0.1) is 0 Å². The minimum Gasteiger partial charge on any atom is -0.479 e. The average Bonchev–Trinajstić information content (AvgIpc) is 2.71. The van der Waals surface area contributed by atoms with E-state index in [1.54, 1.807) is 0 Å². The highest BCUT2D eigenvalue weighted by Gasteiger charge is 2.21. The molecule has 1 aromatic rings. The second kappa shape index (κ2) is 12.6. The molecule has 0 saturated heterocycles. The van der Waals surface area contributed by atoms with Gasteiger partial charge in [0, 0.05) is 0 Å². The topological polar surface area (TPSA) is 35.5 Å². The van der Waals surface area contributed by atoms with Gasteiger partial charge in [0.2, 0.25) is 0 Å². The van der Waals surface area contributed by atoms with Crippen LogP contribution in [-0.4, -0.2) is 18.7 Å². The van der Waals surface area contributed by atoms with Gasteiger partial charge in [0.1, 0.15) is 5.75 Å². The summed E-state index contributed by atoms with van der Waals surface area (Å²) >= 11 is 0. The molecule has 0 aromatic heterocycles. The molecule has 0 heterocycles. The molecule has 0 bridgehead atoms. The molecule has 0 aliphatic heterocycles. The van der Waals surface area contributed by atoms with Crippen LogP contribution >= 0.6 is 0 Å². The highest BCUT2D eigenvalue weighted by atomic mass is 16.6. The van der Waals surface area contributed by atoms with Crippen LogP contribution in [0.15, 0.2) is 30.3 Å². The van der Waals surface area contributed by atoms with Crippen molar-refractivity contribution in [3.05, 3.63) is 35.9 Å². The Morgan fingerprint density at radius 1 is 1.00 bits per heavy atom. The third-order valence-corrected chi connectivity index (χ3v) is 5.16. The number of hydrogen-bond donors (Lipinski definition) is 0. The lowest BCUT2D eigenvalue weighted by Gasteiger charge is -2.18. The van der Waals surface area contributed by atoms with Crippen molar-refractivity contribution in [1.82, 2.24) is 0 Å². The zero-order valence-corrected chi connectivity index (χ0v) is 17.2. The molecule has 2 rings (SSSR count). The first-order valence-electron chi connectivity index (χ1n) is 10.9. The van der Waals surface area contributed by atoms with Gasteiger partial charge in [0.25, 0.3) is 0 Å². The molecule has 1 atom stereocenters. The lowest BCUT2D eigenvalue weighted by atomic mass is 9.94. The molecule has 3 heteroatoms. The number of ether oxygens (including phenoxy) is 2. The first-order chi connectivity index (χ1) is 13.2. The quantitative estimate of drug-likeness (QED) is 0.302. The van der Waals surface area contributed by atoms with Crippen LogP contribution in [0.5, 0.6) is 5.75 Å². The Morgan fingerprint density at radius 2 is 1.74 bits per heavy atom. The zero-order chi connectivity index (χ0) is 19.3. The number of allylic oxidation sites excluding steroid dienone is 2. The number of carbonyl (C=O) groups is 1. The number of hydrogen-bond acceptors (Lipinski definition) is 3. The van der Waals surface area contributed by atoms with E-state index in [-0.39, 0.29) is 5.97 Å². The number of esters is 1. The lowest BCUT2D eigenvalue weighted by molar-refractivity contribution is -0.151. The molecule has 0 spiro atoms. The van der Waals surface area contributed by atoms with E-state index in [9.17, 15) is 4.79 Å². The van der Waals surface area contributed by atoms with E-state index in [1.165, 1.54) is 56.1 Å². The molecule has 27 heavy (non-hydrogen) atoms. The zero-order valence-electron chi connectivity index (χ0n) is 17.2. The van der Waals surface area contributed by atoms with Gasteiger partial charge in [-0.1, -0.05) is 57.2 Å². The maximum absolute atomic E-state index is 12.3. The number of unbranched alkanes of at least 4 members (excludes halogenated alkanes) is 5. The molecular weight excluding hydrogens is 336 g/mol. The van der Waals surface area contributed by atoms with E-state index in [0.717, 1.165) is 31.4 Å². The summed E-state index contributed by atoms with van der Waals surface area (Å²) in [7, 11) is 0. The van der Waals surface area contributed by atoms with E-state index in [2.05, 4.69) is 25.1 Å². The summed E-state index contributed by atoms with van der Waals surface area (Å²) in [6.07, 6.45) is 14.7. The van der Waals surface area contributed by atoms with E-state index < -0.39 is 6.10 Å². The highest BCUT2D eigenvalue weighted by Crippen LogP contribution is 2.28. The molecule has 0 N–H and O–H groups in total. The van der Waals surface area contributed by atoms with Crippen molar-refractivity contribution in [2.75, 3.05) is 6.61 Å². The van der Waals surface area contributed by atoms with Gasteiger partial charge in [-0.2, -0.15) is 0 Å². The molecule has 3 nitrogen and oxygen atoms in total. The number of benzene rings is 1. The van der Waals surface area contributed by atoms with Crippen molar-refractivity contribution in [2.24, 2.45) is 0 Å². The minimum absolute atomic E-state index is 0.245. The average molecular weight is 373 g/mol. The molecule has 0 amide bonds. The molecule has 1 aromatic carbocycles. The van der Waals surface area contributed by atoms with E-state index in [4.69, 9.17) is 9.47 Å². The van der Waals surface area contributed by atoms with Crippen molar-refractivity contribution < 1.29 is 14.3 Å². The summed E-state index contributed by atoms with van der Waals surface area (Å²) in [6, 6.07) is 8.19. The minimum atomic E-state index is -0.504. The largest absolute Gasteiger partial charge is 0.479 e. The van der Waals surface area contributed by atoms with Gasteiger partial charge in [-0.3, -0.25) is 0 Å². The van der Waals surface area contributed by atoms with Crippen molar-refractivity contribution in [3.63, 3.8) is 0 Å². The maximum Gasteiger partial charge on any atom is 0.347 e. The molecule has 0 fully saturated rings. The first kappa shape index (κ1) is 21.5. The van der Waals surface area contributed by atoms with E-state index in [0.29, 0.717) is 6.61 Å². The molecule has 1 aliphatic rings. The van der Waals surface area contributed by atoms with Gasteiger partial charge in [-0.05, 0) is 68.7 Å². The van der Waals surface area contributed by atoms with Crippen LogP contribution in [0.2, 0.25) is 0 Å².